The number of hydrogen-bond acceptors (Lipinski definition) is 5. The lowest BCUT2D eigenvalue weighted by molar-refractivity contribution is -0.131. The molecule has 2 aliphatic heterocycles. The van der Waals surface area contributed by atoms with Crippen LogP contribution in [0.1, 0.15) is 24.5 Å². The molecule has 2 aliphatic rings. The molecule has 34 heavy (non-hydrogen) atoms. The van der Waals surface area contributed by atoms with Gasteiger partial charge in [-0.1, -0.05) is 36.4 Å². The van der Waals surface area contributed by atoms with Crippen LogP contribution in [0.25, 0.3) is 0 Å². The molecule has 3 aromatic carbocycles. The molecule has 0 unspecified atom stereocenters. The minimum absolute atomic E-state index is 0.118. The van der Waals surface area contributed by atoms with E-state index in [1.807, 2.05) is 35.7 Å². The zero-order valence-corrected chi connectivity index (χ0v) is 21.3. The first kappa shape index (κ1) is 23.2. The minimum atomic E-state index is -0.418. The molecule has 1 saturated heterocycles. The van der Waals surface area contributed by atoms with Crippen LogP contribution >= 0.6 is 23.5 Å². The standard InChI is InChI=1S/C28H29NO3S2/c1-28-22-17-25(32-3)24(31-2)16-19(22)14-15-29(28)26(30)18-23(28)27(33-20-10-6-4-7-11-20)34-21-12-8-5-9-13-21/h4-13,16-17,23,27H,14-15,18H2,1-3H3/t23-,28-/m1/s1. The van der Waals surface area contributed by atoms with Gasteiger partial charge in [-0.3, -0.25) is 4.79 Å². The fourth-order valence-corrected chi connectivity index (χ4v) is 8.38. The van der Waals surface area contributed by atoms with Crippen LogP contribution in [-0.2, 0) is 16.8 Å². The molecule has 0 bridgehead atoms. The van der Waals surface area contributed by atoms with Gasteiger partial charge >= 0.3 is 0 Å². The van der Waals surface area contributed by atoms with Gasteiger partial charge in [0.2, 0.25) is 5.91 Å². The van der Waals surface area contributed by atoms with E-state index in [4.69, 9.17) is 9.47 Å². The molecule has 0 radical (unpaired) electrons. The van der Waals surface area contributed by atoms with Crippen LogP contribution in [0.15, 0.2) is 82.6 Å². The summed E-state index contributed by atoms with van der Waals surface area (Å²) in [6.45, 7) is 2.98. The molecule has 6 heteroatoms. The predicted octanol–water partition coefficient (Wildman–Crippen LogP) is 6.23. The van der Waals surface area contributed by atoms with Gasteiger partial charge in [0.15, 0.2) is 11.5 Å². The second-order valence-corrected chi connectivity index (χ2v) is 11.6. The Morgan fingerprint density at radius 2 is 1.47 bits per heavy atom. The lowest BCUT2D eigenvalue weighted by Gasteiger charge is -2.46. The van der Waals surface area contributed by atoms with Gasteiger partial charge in [0.25, 0.3) is 0 Å². The smallest absolute Gasteiger partial charge is 0.223 e. The first-order valence-corrected chi connectivity index (χ1v) is 13.3. The number of nitrogens with zero attached hydrogens (tertiary/aromatic N) is 1. The quantitative estimate of drug-likeness (QED) is 0.289. The van der Waals surface area contributed by atoms with Crippen LogP contribution in [0.4, 0.5) is 0 Å². The molecule has 1 fully saturated rings. The van der Waals surface area contributed by atoms with E-state index in [2.05, 4.69) is 72.5 Å². The van der Waals surface area contributed by atoms with Crippen LogP contribution < -0.4 is 9.47 Å². The number of amides is 1. The lowest BCUT2D eigenvalue weighted by atomic mass is 9.76. The first-order chi connectivity index (χ1) is 16.5. The topological polar surface area (TPSA) is 38.8 Å². The number of carbonyl (C=O) groups is 1. The lowest BCUT2D eigenvalue weighted by Crippen LogP contribution is -2.50. The van der Waals surface area contributed by atoms with Gasteiger partial charge in [0.05, 0.1) is 24.3 Å². The highest BCUT2D eigenvalue weighted by Gasteiger charge is 2.56. The van der Waals surface area contributed by atoms with E-state index in [9.17, 15) is 4.79 Å². The molecule has 0 N–H and O–H groups in total. The van der Waals surface area contributed by atoms with Crippen molar-refractivity contribution in [2.75, 3.05) is 20.8 Å². The highest BCUT2D eigenvalue weighted by atomic mass is 32.2. The summed E-state index contributed by atoms with van der Waals surface area (Å²) in [4.78, 5) is 17.9. The van der Waals surface area contributed by atoms with Crippen molar-refractivity contribution < 1.29 is 14.3 Å². The van der Waals surface area contributed by atoms with Gasteiger partial charge in [-0.2, -0.15) is 0 Å². The van der Waals surface area contributed by atoms with E-state index in [1.165, 1.54) is 20.9 Å². The Labute approximate surface area is 210 Å². The summed E-state index contributed by atoms with van der Waals surface area (Å²) >= 11 is 3.72. The van der Waals surface area contributed by atoms with Crippen LogP contribution in [0.5, 0.6) is 11.5 Å². The second-order valence-electron chi connectivity index (χ2n) is 8.85. The monoisotopic (exact) mass is 491 g/mol. The largest absolute Gasteiger partial charge is 0.493 e. The molecule has 0 aromatic heterocycles. The third-order valence-electron chi connectivity index (χ3n) is 7.06. The molecule has 3 aromatic rings. The number of carbonyl (C=O) groups excluding carboxylic acids is 1. The van der Waals surface area contributed by atoms with E-state index < -0.39 is 5.54 Å². The van der Waals surface area contributed by atoms with Crippen LogP contribution in [0.2, 0.25) is 0 Å². The Morgan fingerprint density at radius 1 is 0.912 bits per heavy atom. The van der Waals surface area contributed by atoms with E-state index >= 15 is 0 Å². The SMILES string of the molecule is COc1cc2c(cc1OC)[C@]1(C)[C@@H](C(Sc3ccccc3)Sc3ccccc3)CC(=O)N1CC2. The maximum Gasteiger partial charge on any atom is 0.223 e. The van der Waals surface area contributed by atoms with E-state index in [0.717, 1.165) is 18.7 Å². The minimum Gasteiger partial charge on any atom is -0.493 e. The number of methoxy groups -OCH3 is 2. The third kappa shape index (κ3) is 4.07. The van der Waals surface area contributed by atoms with Crippen molar-refractivity contribution in [3.05, 3.63) is 83.9 Å². The van der Waals surface area contributed by atoms with Crippen LogP contribution in [0, 0.1) is 5.92 Å². The molecule has 1 amide bonds. The van der Waals surface area contributed by atoms with Gasteiger partial charge < -0.3 is 14.4 Å². The van der Waals surface area contributed by atoms with Crippen LogP contribution in [0.3, 0.4) is 0 Å². The number of rotatable bonds is 7. The Bertz CT molecular complexity index is 1130. The number of benzene rings is 3. The highest BCUT2D eigenvalue weighted by Crippen LogP contribution is 2.56. The number of ether oxygens (including phenoxy) is 2. The summed E-state index contributed by atoms with van der Waals surface area (Å²) in [5.74, 6) is 1.81. The number of hydrogen-bond donors (Lipinski definition) is 0. The number of fused-ring (bicyclic) bond motifs is 3. The van der Waals surface area contributed by atoms with Crippen molar-refractivity contribution in [2.24, 2.45) is 5.92 Å². The summed E-state index contributed by atoms with van der Waals surface area (Å²) in [7, 11) is 3.34. The Balaban J connectivity index is 1.60. The molecule has 0 spiro atoms. The van der Waals surface area contributed by atoms with Crippen molar-refractivity contribution in [3.8, 4) is 11.5 Å². The normalized spacial score (nSPS) is 21.4. The summed E-state index contributed by atoms with van der Waals surface area (Å²) in [6, 6.07) is 25.2. The van der Waals surface area contributed by atoms with Crippen molar-refractivity contribution in [2.45, 2.75) is 39.7 Å². The maximum absolute atomic E-state index is 13.4. The molecule has 0 saturated carbocycles. The maximum atomic E-state index is 13.4. The van der Waals surface area contributed by atoms with Gasteiger partial charge in [0, 0.05) is 28.7 Å². The van der Waals surface area contributed by atoms with Crippen LogP contribution in [-0.4, -0.2) is 36.2 Å². The highest BCUT2D eigenvalue weighted by molar-refractivity contribution is 8.17. The van der Waals surface area contributed by atoms with Crippen molar-refractivity contribution in [3.63, 3.8) is 0 Å². The Hall–Kier alpha value is -2.57. The zero-order valence-electron chi connectivity index (χ0n) is 19.7. The molecule has 2 heterocycles. The molecule has 0 aliphatic carbocycles. The molecular weight excluding hydrogens is 462 g/mol. The fraction of sp³-hybridized carbons (Fsp3) is 0.321. The van der Waals surface area contributed by atoms with Gasteiger partial charge in [-0.05, 0) is 60.9 Å². The van der Waals surface area contributed by atoms with Crippen molar-refractivity contribution >= 4 is 29.4 Å². The van der Waals surface area contributed by atoms with Crippen molar-refractivity contribution in [1.82, 2.24) is 4.90 Å². The summed E-state index contributed by atoms with van der Waals surface area (Å²) in [6.07, 6.45) is 1.36. The summed E-state index contributed by atoms with van der Waals surface area (Å²) in [5.41, 5.74) is 2.00. The third-order valence-corrected chi connectivity index (χ3v) is 9.84. The molecule has 176 valence electrons. The Morgan fingerprint density at radius 3 is 2.03 bits per heavy atom. The fourth-order valence-electron chi connectivity index (χ4n) is 5.31. The average molecular weight is 492 g/mol. The zero-order chi connectivity index (χ0) is 23.7. The molecule has 2 atom stereocenters. The predicted molar refractivity (Wildman–Crippen MR) is 139 cm³/mol. The molecule has 5 rings (SSSR count). The summed E-state index contributed by atoms with van der Waals surface area (Å²) in [5, 5.41) is 0. The van der Waals surface area contributed by atoms with Crippen molar-refractivity contribution in [1.29, 1.82) is 0 Å². The molecular formula is C28H29NO3S2. The van der Waals surface area contributed by atoms with Gasteiger partial charge in [-0.15, -0.1) is 23.5 Å². The first-order valence-electron chi connectivity index (χ1n) is 11.5. The Kier molecular flexibility index (Phi) is 6.54. The number of thioether (sulfide) groups is 2. The van der Waals surface area contributed by atoms with E-state index in [-0.39, 0.29) is 16.4 Å². The van der Waals surface area contributed by atoms with E-state index in [1.54, 1.807) is 14.2 Å². The second kappa shape index (κ2) is 9.59. The van der Waals surface area contributed by atoms with E-state index in [0.29, 0.717) is 12.2 Å². The average Bonchev–Trinajstić information content (AvgIpc) is 3.14. The van der Waals surface area contributed by atoms with Gasteiger partial charge in [0.1, 0.15) is 0 Å². The molecule has 4 nitrogen and oxygen atoms in total. The summed E-state index contributed by atoms with van der Waals surface area (Å²) < 4.78 is 11.4. The van der Waals surface area contributed by atoms with Gasteiger partial charge in [-0.25, -0.2) is 0 Å².